The zero-order chi connectivity index (χ0) is 23.7. The lowest BCUT2D eigenvalue weighted by Crippen LogP contribution is -2.52. The summed E-state index contributed by atoms with van der Waals surface area (Å²) in [5.74, 6) is 1.38. The number of hydrogen-bond acceptors (Lipinski definition) is 5. The van der Waals surface area contributed by atoms with Gasteiger partial charge in [0.15, 0.2) is 5.82 Å². The zero-order valence-electron chi connectivity index (χ0n) is 18.7. The maximum Gasteiger partial charge on any atom is 0.417 e. The van der Waals surface area contributed by atoms with Gasteiger partial charge in [0.25, 0.3) is 0 Å². The molecule has 0 N–H and O–H groups in total. The maximum absolute atomic E-state index is 12.9. The van der Waals surface area contributed by atoms with E-state index >= 15 is 0 Å². The molecule has 0 unspecified atom stereocenters. The van der Waals surface area contributed by atoms with Crippen LogP contribution in [0.3, 0.4) is 0 Å². The van der Waals surface area contributed by atoms with Crippen molar-refractivity contribution in [3.8, 4) is 0 Å². The van der Waals surface area contributed by atoms with Crippen LogP contribution in [0.1, 0.15) is 23.7 Å². The van der Waals surface area contributed by atoms with Crippen molar-refractivity contribution in [2.75, 3.05) is 29.4 Å². The number of alkyl halides is 3. The average Bonchev–Trinajstić information content (AvgIpc) is 2.84. The lowest BCUT2D eigenvalue weighted by atomic mass is 10.0. The number of anilines is 2. The van der Waals surface area contributed by atoms with E-state index in [0.29, 0.717) is 31.9 Å². The Bertz CT molecular complexity index is 1280. The van der Waals surface area contributed by atoms with Crippen molar-refractivity contribution in [3.05, 3.63) is 89.7 Å². The highest BCUT2D eigenvalue weighted by molar-refractivity contribution is 5.93. The smallest absolute Gasteiger partial charge is 0.351 e. The second kappa shape index (κ2) is 8.93. The molecule has 5 rings (SSSR count). The molecule has 1 aliphatic heterocycles. The Morgan fingerprint density at radius 1 is 0.882 bits per heavy atom. The fourth-order valence-electron chi connectivity index (χ4n) is 4.51. The monoisotopic (exact) mass is 463 g/mol. The van der Waals surface area contributed by atoms with Crippen LogP contribution in [0.4, 0.5) is 24.8 Å². The number of rotatable bonds is 4. The van der Waals surface area contributed by atoms with Gasteiger partial charge in [0.2, 0.25) is 0 Å². The van der Waals surface area contributed by atoms with Gasteiger partial charge in [-0.25, -0.2) is 4.98 Å². The van der Waals surface area contributed by atoms with Crippen LogP contribution in [-0.2, 0) is 12.6 Å². The molecule has 4 aromatic rings. The minimum Gasteiger partial charge on any atom is -0.351 e. The Kier molecular flexibility index (Phi) is 5.81. The number of fused-ring (bicyclic) bond motifs is 1. The average molecular weight is 464 g/mol. The third kappa shape index (κ3) is 4.40. The lowest BCUT2D eigenvalue weighted by molar-refractivity contribution is -0.137. The molecule has 1 aliphatic rings. The van der Waals surface area contributed by atoms with Crippen LogP contribution in [0.25, 0.3) is 10.8 Å². The molecule has 0 amide bonds. The van der Waals surface area contributed by atoms with Gasteiger partial charge >= 0.3 is 6.18 Å². The predicted octanol–water partition coefficient (Wildman–Crippen LogP) is 5.35. The summed E-state index contributed by atoms with van der Waals surface area (Å²) in [7, 11) is 0. The summed E-state index contributed by atoms with van der Waals surface area (Å²) in [4.78, 5) is 8.32. The van der Waals surface area contributed by atoms with Crippen molar-refractivity contribution in [3.63, 3.8) is 0 Å². The van der Waals surface area contributed by atoms with Crippen LogP contribution in [0, 0.1) is 0 Å². The van der Waals surface area contributed by atoms with E-state index in [-0.39, 0.29) is 6.04 Å². The van der Waals surface area contributed by atoms with E-state index in [2.05, 4.69) is 44.3 Å². The van der Waals surface area contributed by atoms with Gasteiger partial charge in [0, 0.05) is 49.1 Å². The largest absolute Gasteiger partial charge is 0.417 e. The van der Waals surface area contributed by atoms with E-state index in [4.69, 9.17) is 0 Å². The van der Waals surface area contributed by atoms with Gasteiger partial charge in [0.1, 0.15) is 5.82 Å². The summed E-state index contributed by atoms with van der Waals surface area (Å²) in [5, 5.41) is 11.3. The Morgan fingerprint density at radius 2 is 1.62 bits per heavy atom. The first-order chi connectivity index (χ1) is 16.4. The molecule has 1 atom stereocenters. The molecule has 8 heteroatoms. The van der Waals surface area contributed by atoms with Crippen molar-refractivity contribution in [1.82, 2.24) is 15.2 Å². The molecule has 0 saturated carbocycles. The number of aromatic nitrogens is 3. The molecular weight excluding hydrogens is 439 g/mol. The number of halogens is 3. The first-order valence-corrected chi connectivity index (χ1v) is 11.2. The summed E-state index contributed by atoms with van der Waals surface area (Å²) in [6.45, 7) is 4.01. The van der Waals surface area contributed by atoms with Gasteiger partial charge in [-0.05, 0) is 24.6 Å². The van der Waals surface area contributed by atoms with E-state index in [1.165, 1.54) is 11.6 Å². The van der Waals surface area contributed by atoms with Gasteiger partial charge in [-0.3, -0.25) is 0 Å². The summed E-state index contributed by atoms with van der Waals surface area (Å²) in [6.07, 6.45) is -2.78. The third-order valence-electron chi connectivity index (χ3n) is 6.26. The van der Waals surface area contributed by atoms with Gasteiger partial charge in [-0.2, -0.15) is 18.3 Å². The van der Waals surface area contributed by atoms with Crippen LogP contribution in [0.2, 0.25) is 0 Å². The summed E-state index contributed by atoms with van der Waals surface area (Å²) >= 11 is 0. The van der Waals surface area contributed by atoms with Crippen molar-refractivity contribution in [2.24, 2.45) is 0 Å². The van der Waals surface area contributed by atoms with E-state index in [0.717, 1.165) is 34.5 Å². The quantitative estimate of drug-likeness (QED) is 0.408. The second-order valence-corrected chi connectivity index (χ2v) is 8.57. The molecule has 1 fully saturated rings. The first kappa shape index (κ1) is 22.1. The molecule has 2 aromatic carbocycles. The molecule has 3 heterocycles. The molecule has 0 bridgehead atoms. The van der Waals surface area contributed by atoms with Gasteiger partial charge < -0.3 is 9.80 Å². The van der Waals surface area contributed by atoms with E-state index in [9.17, 15) is 13.2 Å². The maximum atomic E-state index is 12.9. The second-order valence-electron chi connectivity index (χ2n) is 8.57. The van der Waals surface area contributed by atoms with Crippen LogP contribution < -0.4 is 9.80 Å². The standard InChI is InChI=1S/C26H24F3N5/c1-18-17-33(13-14-34(18)24-12-11-20(16-30-24)26(27,28)29)25-22-10-6-5-9-21(22)23(31-32-25)15-19-7-3-2-4-8-19/h2-12,16,18H,13-15,17H2,1H3/t18-/m1/s1. The summed E-state index contributed by atoms with van der Waals surface area (Å²) < 4.78 is 38.6. The van der Waals surface area contributed by atoms with E-state index < -0.39 is 11.7 Å². The third-order valence-corrected chi connectivity index (χ3v) is 6.26. The molecule has 2 aromatic heterocycles. The van der Waals surface area contributed by atoms with Crippen LogP contribution >= 0.6 is 0 Å². The Labute approximate surface area is 195 Å². The zero-order valence-corrected chi connectivity index (χ0v) is 18.7. The van der Waals surface area contributed by atoms with Gasteiger partial charge in [0.05, 0.1) is 11.3 Å². The van der Waals surface area contributed by atoms with Crippen LogP contribution in [-0.4, -0.2) is 40.9 Å². The predicted molar refractivity (Wildman–Crippen MR) is 127 cm³/mol. The highest BCUT2D eigenvalue weighted by Gasteiger charge is 2.32. The highest BCUT2D eigenvalue weighted by atomic mass is 19.4. The summed E-state index contributed by atoms with van der Waals surface area (Å²) in [5.41, 5.74) is 1.38. The molecular formula is C26H24F3N5. The molecule has 0 radical (unpaired) electrons. The fourth-order valence-corrected chi connectivity index (χ4v) is 4.51. The Hall–Kier alpha value is -3.68. The van der Waals surface area contributed by atoms with Crippen molar-refractivity contribution in [1.29, 1.82) is 0 Å². The number of piperazine rings is 1. The highest BCUT2D eigenvalue weighted by Crippen LogP contribution is 2.32. The first-order valence-electron chi connectivity index (χ1n) is 11.2. The molecule has 0 spiro atoms. The number of pyridine rings is 1. The number of nitrogens with zero attached hydrogens (tertiary/aromatic N) is 5. The van der Waals surface area contributed by atoms with Gasteiger partial charge in [-0.15, -0.1) is 5.10 Å². The van der Waals surface area contributed by atoms with Gasteiger partial charge in [-0.1, -0.05) is 54.6 Å². The minimum atomic E-state index is -4.39. The minimum absolute atomic E-state index is 0.0440. The molecule has 1 saturated heterocycles. The van der Waals surface area contributed by atoms with Crippen LogP contribution in [0.15, 0.2) is 72.9 Å². The number of hydrogen-bond donors (Lipinski definition) is 0. The van der Waals surface area contributed by atoms with E-state index in [1.54, 1.807) is 0 Å². The van der Waals surface area contributed by atoms with Crippen molar-refractivity contribution < 1.29 is 13.2 Å². The molecule has 5 nitrogen and oxygen atoms in total. The normalized spacial score (nSPS) is 16.8. The van der Waals surface area contributed by atoms with Crippen molar-refractivity contribution >= 4 is 22.4 Å². The Morgan fingerprint density at radius 3 is 2.29 bits per heavy atom. The van der Waals surface area contributed by atoms with Crippen molar-refractivity contribution in [2.45, 2.75) is 25.6 Å². The van der Waals surface area contributed by atoms with Crippen LogP contribution in [0.5, 0.6) is 0 Å². The molecule has 0 aliphatic carbocycles. The molecule has 174 valence electrons. The SMILES string of the molecule is C[C@@H]1CN(c2nnc(Cc3ccccc3)c3ccccc23)CCN1c1ccc(C(F)(F)F)cn1. The topological polar surface area (TPSA) is 45.2 Å². The van der Waals surface area contributed by atoms with E-state index in [1.807, 2.05) is 42.2 Å². The fraction of sp³-hybridized carbons (Fsp3) is 0.269. The summed E-state index contributed by atoms with van der Waals surface area (Å²) in [6, 6.07) is 21.0. The Balaban J connectivity index is 1.38. The molecule has 34 heavy (non-hydrogen) atoms. The lowest BCUT2D eigenvalue weighted by Gasteiger charge is -2.41. The number of benzene rings is 2.